The van der Waals surface area contributed by atoms with Gasteiger partial charge in [0.25, 0.3) is 5.91 Å². The highest BCUT2D eigenvalue weighted by atomic mass is 28.3. The second-order valence-electron chi connectivity index (χ2n) is 7.56. The quantitative estimate of drug-likeness (QED) is 0.641. The van der Waals surface area contributed by atoms with Crippen LogP contribution in [-0.2, 0) is 14.0 Å². The van der Waals surface area contributed by atoms with Crippen molar-refractivity contribution in [2.45, 2.75) is 52.5 Å². The van der Waals surface area contributed by atoms with Crippen molar-refractivity contribution in [2.24, 2.45) is 5.41 Å². The molecular formula is C18H26NO5Si. The first-order valence-electron chi connectivity index (χ1n) is 8.27. The molecule has 0 saturated heterocycles. The Labute approximate surface area is 150 Å². The highest BCUT2D eigenvalue weighted by molar-refractivity contribution is 6.48. The van der Waals surface area contributed by atoms with Crippen LogP contribution >= 0.6 is 0 Å². The molecule has 0 spiro atoms. The van der Waals surface area contributed by atoms with Crippen molar-refractivity contribution in [2.75, 3.05) is 12.4 Å². The van der Waals surface area contributed by atoms with Crippen LogP contribution < -0.4 is 10.1 Å². The van der Waals surface area contributed by atoms with Gasteiger partial charge in [0.05, 0.1) is 24.5 Å². The summed E-state index contributed by atoms with van der Waals surface area (Å²) < 4.78 is 16.7. The van der Waals surface area contributed by atoms with E-state index in [1.807, 2.05) is 13.1 Å². The number of carbonyl (C=O) groups excluding carboxylic acids is 2. The van der Waals surface area contributed by atoms with Gasteiger partial charge in [-0.25, -0.2) is 4.79 Å². The zero-order chi connectivity index (χ0) is 18.8. The normalized spacial score (nSPS) is 18.2. The molecule has 1 heterocycles. The fraction of sp³-hybridized carbons (Fsp3) is 0.556. The Morgan fingerprint density at radius 3 is 2.60 bits per heavy atom. The molecule has 0 fully saturated rings. The summed E-state index contributed by atoms with van der Waals surface area (Å²) in [5.74, 6) is -0.190. The van der Waals surface area contributed by atoms with Gasteiger partial charge in [0, 0.05) is 0 Å². The van der Waals surface area contributed by atoms with Gasteiger partial charge in [-0.2, -0.15) is 0 Å². The molecule has 1 aliphatic heterocycles. The molecule has 0 saturated carbocycles. The topological polar surface area (TPSA) is 73.9 Å². The van der Waals surface area contributed by atoms with Gasteiger partial charge in [-0.3, -0.25) is 4.79 Å². The average molecular weight is 364 g/mol. The fourth-order valence-corrected chi connectivity index (χ4v) is 3.54. The number of anilines is 1. The number of benzene rings is 1. The SMILES string of the molecule is COC(=O)c1ccc2c(c1)NC(=O)C(C(CC(C)(C)C)O[Si](C)C)O2. The van der Waals surface area contributed by atoms with E-state index in [1.165, 1.54) is 7.11 Å². The third-order valence-electron chi connectivity index (χ3n) is 3.71. The summed E-state index contributed by atoms with van der Waals surface area (Å²) in [6, 6.07) is 4.85. The lowest BCUT2D eigenvalue weighted by Crippen LogP contribution is -2.49. The van der Waals surface area contributed by atoms with Gasteiger partial charge in [-0.1, -0.05) is 20.8 Å². The Kier molecular flexibility index (Phi) is 5.90. The molecule has 0 aromatic heterocycles. The van der Waals surface area contributed by atoms with Crippen molar-refractivity contribution in [3.05, 3.63) is 23.8 Å². The molecule has 1 N–H and O–H groups in total. The number of amides is 1. The monoisotopic (exact) mass is 364 g/mol. The van der Waals surface area contributed by atoms with E-state index in [0.29, 0.717) is 23.4 Å². The van der Waals surface area contributed by atoms with E-state index in [9.17, 15) is 9.59 Å². The Morgan fingerprint density at radius 1 is 1.36 bits per heavy atom. The second-order valence-corrected chi connectivity index (χ2v) is 9.61. The minimum Gasteiger partial charge on any atom is -0.476 e. The van der Waals surface area contributed by atoms with Gasteiger partial charge in [0.1, 0.15) is 5.75 Å². The fourth-order valence-electron chi connectivity index (χ4n) is 2.73. The van der Waals surface area contributed by atoms with Crippen LogP contribution in [0.5, 0.6) is 5.75 Å². The molecule has 0 bridgehead atoms. The number of nitrogens with one attached hydrogen (secondary N) is 1. The number of esters is 1. The van der Waals surface area contributed by atoms with Crippen LogP contribution in [0.15, 0.2) is 18.2 Å². The largest absolute Gasteiger partial charge is 0.476 e. The van der Waals surface area contributed by atoms with Crippen LogP contribution in [0.2, 0.25) is 13.1 Å². The molecule has 1 amide bonds. The summed E-state index contributed by atoms with van der Waals surface area (Å²) in [4.78, 5) is 24.2. The molecule has 1 aromatic rings. The molecule has 1 radical (unpaired) electrons. The smallest absolute Gasteiger partial charge is 0.337 e. The molecule has 6 nitrogen and oxygen atoms in total. The van der Waals surface area contributed by atoms with Gasteiger partial charge in [0.15, 0.2) is 0 Å². The van der Waals surface area contributed by atoms with Crippen LogP contribution in [-0.4, -0.2) is 40.2 Å². The van der Waals surface area contributed by atoms with Gasteiger partial charge in [-0.05, 0) is 43.1 Å². The second kappa shape index (κ2) is 7.57. The number of hydrogen-bond acceptors (Lipinski definition) is 5. The van der Waals surface area contributed by atoms with Crippen molar-refractivity contribution in [1.82, 2.24) is 0 Å². The maximum Gasteiger partial charge on any atom is 0.337 e. The minimum absolute atomic E-state index is 0.000637. The highest BCUT2D eigenvalue weighted by Gasteiger charge is 2.38. The summed E-state index contributed by atoms with van der Waals surface area (Å²) in [5, 5.41) is 2.83. The van der Waals surface area contributed by atoms with Crippen LogP contribution in [0.4, 0.5) is 5.69 Å². The summed E-state index contributed by atoms with van der Waals surface area (Å²) in [5.41, 5.74) is 0.830. The van der Waals surface area contributed by atoms with Gasteiger partial charge < -0.3 is 19.2 Å². The molecule has 7 heteroatoms. The zero-order valence-electron chi connectivity index (χ0n) is 15.6. The number of methoxy groups -OCH3 is 1. The molecule has 2 unspecified atom stereocenters. The molecule has 2 atom stereocenters. The van der Waals surface area contributed by atoms with Crippen molar-refractivity contribution < 1.29 is 23.5 Å². The van der Waals surface area contributed by atoms with Crippen molar-refractivity contribution in [3.8, 4) is 5.75 Å². The van der Waals surface area contributed by atoms with E-state index in [4.69, 9.17) is 13.9 Å². The third-order valence-corrected chi connectivity index (χ3v) is 4.48. The van der Waals surface area contributed by atoms with Crippen molar-refractivity contribution >= 4 is 26.6 Å². The molecule has 25 heavy (non-hydrogen) atoms. The lowest BCUT2D eigenvalue weighted by Gasteiger charge is -2.35. The van der Waals surface area contributed by atoms with Gasteiger partial charge in [0.2, 0.25) is 15.1 Å². The number of rotatable bonds is 5. The summed E-state index contributed by atoms with van der Waals surface area (Å²) >= 11 is 0. The van der Waals surface area contributed by atoms with Gasteiger partial charge in [-0.15, -0.1) is 0 Å². The van der Waals surface area contributed by atoms with Crippen molar-refractivity contribution in [3.63, 3.8) is 0 Å². The van der Waals surface area contributed by atoms with Crippen LogP contribution in [0, 0.1) is 5.41 Å². The summed E-state index contributed by atoms with van der Waals surface area (Å²) in [7, 11) is 0.320. The van der Waals surface area contributed by atoms with E-state index in [0.717, 1.165) is 0 Å². The maximum atomic E-state index is 12.6. The lowest BCUT2D eigenvalue weighted by atomic mass is 9.87. The number of ether oxygens (including phenoxy) is 2. The molecule has 1 aromatic carbocycles. The predicted molar refractivity (Wildman–Crippen MR) is 97.3 cm³/mol. The predicted octanol–water partition coefficient (Wildman–Crippen LogP) is 3.25. The molecular weight excluding hydrogens is 338 g/mol. The zero-order valence-corrected chi connectivity index (χ0v) is 16.6. The minimum atomic E-state index is -0.995. The molecule has 137 valence electrons. The molecule has 2 rings (SSSR count). The van der Waals surface area contributed by atoms with Crippen LogP contribution in [0.1, 0.15) is 37.6 Å². The first-order chi connectivity index (χ1) is 11.6. The Morgan fingerprint density at radius 2 is 2.04 bits per heavy atom. The number of hydrogen-bond donors (Lipinski definition) is 1. The average Bonchev–Trinajstić information content (AvgIpc) is 2.50. The molecule has 1 aliphatic rings. The Balaban J connectivity index is 2.26. The summed E-state index contributed by atoms with van der Waals surface area (Å²) in [6.45, 7) is 10.4. The highest BCUT2D eigenvalue weighted by Crippen LogP contribution is 2.34. The first-order valence-corrected chi connectivity index (χ1v) is 10.7. The maximum absolute atomic E-state index is 12.6. The van der Waals surface area contributed by atoms with E-state index in [2.05, 4.69) is 26.1 Å². The van der Waals surface area contributed by atoms with E-state index in [-0.39, 0.29) is 17.4 Å². The number of carbonyl (C=O) groups is 2. The first kappa shape index (κ1) is 19.5. The molecule has 0 aliphatic carbocycles. The van der Waals surface area contributed by atoms with Gasteiger partial charge >= 0.3 is 5.97 Å². The van der Waals surface area contributed by atoms with Crippen LogP contribution in [0.3, 0.4) is 0 Å². The van der Waals surface area contributed by atoms with E-state index in [1.54, 1.807) is 18.2 Å². The van der Waals surface area contributed by atoms with E-state index >= 15 is 0 Å². The lowest BCUT2D eigenvalue weighted by molar-refractivity contribution is -0.128. The van der Waals surface area contributed by atoms with Crippen LogP contribution in [0.25, 0.3) is 0 Å². The standard InChI is InChI=1S/C18H26NO5Si/c1-18(2,3)10-14(24-25(5)6)15-16(20)19-12-9-11(17(21)22-4)7-8-13(12)23-15/h7-9,14-15H,10H2,1-6H3,(H,19,20). The Bertz CT molecular complexity index is 653. The Hall–Kier alpha value is -1.86. The van der Waals surface area contributed by atoms with Crippen molar-refractivity contribution in [1.29, 1.82) is 0 Å². The third kappa shape index (κ3) is 5.06. The van der Waals surface area contributed by atoms with E-state index < -0.39 is 21.1 Å². The summed E-state index contributed by atoms with van der Waals surface area (Å²) in [6.07, 6.45) is -0.329. The number of fused-ring (bicyclic) bond motifs is 1.